The Morgan fingerprint density at radius 1 is 1.12 bits per heavy atom. The summed E-state index contributed by atoms with van der Waals surface area (Å²) in [4.78, 5) is 0. The zero-order valence-corrected chi connectivity index (χ0v) is 11.1. The van der Waals surface area contributed by atoms with E-state index in [4.69, 9.17) is 18.9 Å². The van der Waals surface area contributed by atoms with E-state index in [2.05, 4.69) is 6.92 Å². The maximum Gasteiger partial charge on any atom is 0.185 e. The Morgan fingerprint density at radius 3 is 2.35 bits per heavy atom. The van der Waals surface area contributed by atoms with Crippen LogP contribution in [0.2, 0.25) is 0 Å². The zero-order valence-electron chi connectivity index (χ0n) is 11.1. The Bertz CT molecular complexity index is 292. The predicted molar refractivity (Wildman–Crippen MR) is 63.6 cm³/mol. The second kappa shape index (κ2) is 4.69. The minimum absolute atomic E-state index is 0.0281. The lowest BCUT2D eigenvalue weighted by atomic mass is 10.1. The molecule has 0 spiro atoms. The summed E-state index contributed by atoms with van der Waals surface area (Å²) in [5.74, 6) is -1.11. The highest BCUT2D eigenvalue weighted by molar-refractivity contribution is 5.03. The Labute approximate surface area is 103 Å². The van der Waals surface area contributed by atoms with Gasteiger partial charge in [0.25, 0.3) is 0 Å². The van der Waals surface area contributed by atoms with Crippen LogP contribution in [0.25, 0.3) is 0 Å². The Morgan fingerprint density at radius 2 is 1.76 bits per heavy atom. The van der Waals surface area contributed by atoms with Gasteiger partial charge in [-0.3, -0.25) is 0 Å². The largest absolute Gasteiger partial charge is 0.344 e. The van der Waals surface area contributed by atoms with Crippen molar-refractivity contribution in [1.29, 1.82) is 0 Å². The summed E-state index contributed by atoms with van der Waals surface area (Å²) in [5.41, 5.74) is 0. The summed E-state index contributed by atoms with van der Waals surface area (Å²) in [6, 6.07) is 0. The van der Waals surface area contributed by atoms with Crippen molar-refractivity contribution in [3.63, 3.8) is 0 Å². The molecule has 0 aromatic heterocycles. The SMILES string of the molecule is CC[C@H]1OC(C)(C)O[C@@H]1/C=C/C1(C)OCCO1. The summed E-state index contributed by atoms with van der Waals surface area (Å²) >= 11 is 0. The fourth-order valence-corrected chi connectivity index (χ4v) is 2.24. The molecule has 4 heteroatoms. The molecule has 0 aromatic carbocycles. The normalized spacial score (nSPS) is 35.8. The lowest BCUT2D eigenvalue weighted by molar-refractivity contribution is -0.143. The number of ether oxygens (including phenoxy) is 4. The lowest BCUT2D eigenvalue weighted by Gasteiger charge is -2.19. The molecule has 0 bridgehead atoms. The Hall–Kier alpha value is -0.420. The fraction of sp³-hybridized carbons (Fsp3) is 0.846. The summed E-state index contributed by atoms with van der Waals surface area (Å²) in [6.45, 7) is 9.18. The first-order valence-corrected chi connectivity index (χ1v) is 6.27. The van der Waals surface area contributed by atoms with E-state index in [1.807, 2.05) is 32.9 Å². The van der Waals surface area contributed by atoms with E-state index in [-0.39, 0.29) is 12.2 Å². The molecule has 98 valence electrons. The molecular formula is C13H22O4. The van der Waals surface area contributed by atoms with E-state index in [0.29, 0.717) is 13.2 Å². The quantitative estimate of drug-likeness (QED) is 0.711. The number of hydrogen-bond acceptors (Lipinski definition) is 4. The lowest BCUT2D eigenvalue weighted by Crippen LogP contribution is -2.25. The van der Waals surface area contributed by atoms with Crippen molar-refractivity contribution in [2.24, 2.45) is 0 Å². The van der Waals surface area contributed by atoms with Gasteiger partial charge < -0.3 is 18.9 Å². The van der Waals surface area contributed by atoms with Crippen LogP contribution >= 0.6 is 0 Å². The van der Waals surface area contributed by atoms with Crippen molar-refractivity contribution < 1.29 is 18.9 Å². The molecule has 2 atom stereocenters. The molecule has 0 unspecified atom stereocenters. The van der Waals surface area contributed by atoms with Crippen LogP contribution in [-0.2, 0) is 18.9 Å². The van der Waals surface area contributed by atoms with Gasteiger partial charge in [0.1, 0.15) is 6.10 Å². The van der Waals surface area contributed by atoms with Gasteiger partial charge in [-0.25, -0.2) is 0 Å². The van der Waals surface area contributed by atoms with Gasteiger partial charge in [0, 0.05) is 0 Å². The van der Waals surface area contributed by atoms with Crippen LogP contribution in [0.1, 0.15) is 34.1 Å². The van der Waals surface area contributed by atoms with E-state index in [1.54, 1.807) is 0 Å². The summed E-state index contributed by atoms with van der Waals surface area (Å²) < 4.78 is 22.7. The van der Waals surface area contributed by atoms with Crippen molar-refractivity contribution in [2.75, 3.05) is 13.2 Å². The molecule has 2 aliphatic rings. The minimum Gasteiger partial charge on any atom is -0.344 e. The van der Waals surface area contributed by atoms with Crippen LogP contribution < -0.4 is 0 Å². The van der Waals surface area contributed by atoms with Gasteiger partial charge in [-0.1, -0.05) is 13.0 Å². The smallest absolute Gasteiger partial charge is 0.185 e. The standard InChI is InChI=1S/C13H22O4/c1-5-10-11(17-12(2,3)16-10)6-7-13(4)14-8-9-15-13/h6-7,10-11H,5,8-9H2,1-4H3/b7-6+/t10-,11-/m1/s1. The molecule has 0 aromatic rings. The molecule has 17 heavy (non-hydrogen) atoms. The Kier molecular flexibility index (Phi) is 3.59. The first kappa shape index (κ1) is 13.0. The average Bonchev–Trinajstić information content (AvgIpc) is 2.80. The molecule has 4 nitrogen and oxygen atoms in total. The second-order valence-corrected chi connectivity index (χ2v) is 5.12. The molecule has 0 saturated carbocycles. The average molecular weight is 242 g/mol. The van der Waals surface area contributed by atoms with Crippen LogP contribution in [0.5, 0.6) is 0 Å². The van der Waals surface area contributed by atoms with Gasteiger partial charge in [-0.15, -0.1) is 0 Å². The third-order valence-electron chi connectivity index (χ3n) is 3.07. The van der Waals surface area contributed by atoms with E-state index in [0.717, 1.165) is 6.42 Å². The van der Waals surface area contributed by atoms with Crippen LogP contribution in [0, 0.1) is 0 Å². The number of hydrogen-bond donors (Lipinski definition) is 0. The minimum atomic E-state index is -0.603. The van der Waals surface area contributed by atoms with Gasteiger partial charge in [-0.05, 0) is 33.3 Å². The highest BCUT2D eigenvalue weighted by Gasteiger charge is 2.39. The molecule has 2 aliphatic heterocycles. The summed E-state index contributed by atoms with van der Waals surface area (Å²) in [5, 5.41) is 0. The van der Waals surface area contributed by atoms with Crippen LogP contribution in [0.15, 0.2) is 12.2 Å². The van der Waals surface area contributed by atoms with Gasteiger partial charge in [-0.2, -0.15) is 0 Å². The third kappa shape index (κ3) is 3.07. The molecule has 2 saturated heterocycles. The Balaban J connectivity index is 2.00. The van der Waals surface area contributed by atoms with Gasteiger partial charge in [0.05, 0.1) is 19.3 Å². The van der Waals surface area contributed by atoms with E-state index in [9.17, 15) is 0 Å². The monoisotopic (exact) mass is 242 g/mol. The zero-order chi connectivity index (χ0) is 12.5. The molecule has 2 fully saturated rings. The van der Waals surface area contributed by atoms with Crippen molar-refractivity contribution in [3.05, 3.63) is 12.2 Å². The van der Waals surface area contributed by atoms with Gasteiger partial charge in [0.2, 0.25) is 0 Å². The molecular weight excluding hydrogens is 220 g/mol. The first-order valence-electron chi connectivity index (χ1n) is 6.27. The van der Waals surface area contributed by atoms with E-state index in [1.165, 1.54) is 0 Å². The van der Waals surface area contributed by atoms with E-state index >= 15 is 0 Å². The van der Waals surface area contributed by atoms with Crippen LogP contribution in [0.4, 0.5) is 0 Å². The van der Waals surface area contributed by atoms with Crippen molar-refractivity contribution in [3.8, 4) is 0 Å². The molecule has 0 radical (unpaired) electrons. The van der Waals surface area contributed by atoms with Gasteiger partial charge >= 0.3 is 0 Å². The molecule has 0 N–H and O–H groups in total. The highest BCUT2D eigenvalue weighted by Crippen LogP contribution is 2.31. The van der Waals surface area contributed by atoms with Crippen LogP contribution in [-0.4, -0.2) is 37.0 Å². The maximum atomic E-state index is 5.84. The van der Waals surface area contributed by atoms with E-state index < -0.39 is 11.6 Å². The van der Waals surface area contributed by atoms with Crippen molar-refractivity contribution >= 4 is 0 Å². The molecule has 0 amide bonds. The van der Waals surface area contributed by atoms with Crippen molar-refractivity contribution in [1.82, 2.24) is 0 Å². The second-order valence-electron chi connectivity index (χ2n) is 5.12. The number of rotatable bonds is 3. The highest BCUT2D eigenvalue weighted by atomic mass is 16.8. The maximum absolute atomic E-state index is 5.84. The van der Waals surface area contributed by atoms with Crippen molar-refractivity contribution in [2.45, 2.75) is 57.9 Å². The topological polar surface area (TPSA) is 36.9 Å². The first-order chi connectivity index (χ1) is 7.94. The molecule has 0 aliphatic carbocycles. The fourth-order valence-electron chi connectivity index (χ4n) is 2.24. The summed E-state index contributed by atoms with van der Waals surface area (Å²) in [7, 11) is 0. The molecule has 2 heterocycles. The predicted octanol–water partition coefficient (Wildman–Crippen LogP) is 2.24. The molecule has 2 rings (SSSR count). The third-order valence-corrected chi connectivity index (χ3v) is 3.07. The van der Waals surface area contributed by atoms with Crippen LogP contribution in [0.3, 0.4) is 0 Å². The summed E-state index contributed by atoms with van der Waals surface area (Å²) in [6.07, 6.45) is 4.93. The van der Waals surface area contributed by atoms with Gasteiger partial charge in [0.15, 0.2) is 11.6 Å².